The Labute approximate surface area is 111 Å². The first-order valence-electron chi connectivity index (χ1n) is 6.92. The Morgan fingerprint density at radius 2 is 2.06 bits per heavy atom. The predicted octanol–water partition coefficient (Wildman–Crippen LogP) is 2.76. The molecule has 4 nitrogen and oxygen atoms in total. The number of methoxy groups -OCH3 is 1. The molecular weight excluding hydrogens is 226 g/mol. The lowest BCUT2D eigenvalue weighted by Gasteiger charge is -2.37. The number of aryl methyl sites for hydroxylation is 1. The van der Waals surface area contributed by atoms with E-state index in [2.05, 4.69) is 37.4 Å². The molecule has 1 unspecified atom stereocenters. The number of likely N-dealkylation sites (N-methyl/N-ethyl adjacent to an activating group) is 1. The zero-order chi connectivity index (χ0) is 13.6. The molecule has 1 heterocycles. The molecule has 1 atom stereocenters. The fourth-order valence-corrected chi connectivity index (χ4v) is 2.68. The molecule has 0 aromatic carbocycles. The van der Waals surface area contributed by atoms with Crippen LogP contribution in [0.15, 0.2) is 12.4 Å². The van der Waals surface area contributed by atoms with Crippen molar-refractivity contribution in [1.82, 2.24) is 15.1 Å². The van der Waals surface area contributed by atoms with E-state index in [1.165, 1.54) is 5.56 Å². The number of hydrogen-bond acceptors (Lipinski definition) is 3. The molecule has 0 amide bonds. The summed E-state index contributed by atoms with van der Waals surface area (Å²) in [7, 11) is 3.79. The van der Waals surface area contributed by atoms with Gasteiger partial charge < -0.3 is 10.1 Å². The van der Waals surface area contributed by atoms with Gasteiger partial charge in [-0.25, -0.2) is 0 Å². The summed E-state index contributed by atoms with van der Waals surface area (Å²) in [5.41, 5.74) is 1.05. The molecule has 0 aliphatic heterocycles. The number of aromatic nitrogens is 2. The second-order valence-electron chi connectivity index (χ2n) is 4.73. The second kappa shape index (κ2) is 6.90. The molecule has 0 saturated carbocycles. The van der Waals surface area contributed by atoms with Crippen LogP contribution in [0.4, 0.5) is 0 Å². The van der Waals surface area contributed by atoms with E-state index in [9.17, 15) is 0 Å². The lowest BCUT2D eigenvalue weighted by atomic mass is 9.85. The van der Waals surface area contributed by atoms with Crippen LogP contribution in [0, 0.1) is 0 Å². The minimum Gasteiger partial charge on any atom is -0.376 e. The smallest absolute Gasteiger partial charge is 0.0868 e. The van der Waals surface area contributed by atoms with Crippen LogP contribution in [0.1, 0.15) is 51.6 Å². The molecule has 18 heavy (non-hydrogen) atoms. The van der Waals surface area contributed by atoms with Gasteiger partial charge in [-0.15, -0.1) is 0 Å². The Bertz CT molecular complexity index is 336. The van der Waals surface area contributed by atoms with E-state index in [0.29, 0.717) is 0 Å². The number of nitrogens with zero attached hydrogens (tertiary/aromatic N) is 2. The molecule has 0 fully saturated rings. The summed E-state index contributed by atoms with van der Waals surface area (Å²) in [6, 6.07) is 0.183. The van der Waals surface area contributed by atoms with Crippen molar-refractivity contribution in [1.29, 1.82) is 0 Å². The Balaban J connectivity index is 2.99. The first-order chi connectivity index (χ1) is 8.67. The molecule has 1 N–H and O–H groups in total. The van der Waals surface area contributed by atoms with Gasteiger partial charge in [0.25, 0.3) is 0 Å². The third kappa shape index (κ3) is 2.93. The van der Waals surface area contributed by atoms with E-state index in [4.69, 9.17) is 4.74 Å². The molecule has 4 heteroatoms. The molecular formula is C14H27N3O. The highest BCUT2D eigenvalue weighted by Gasteiger charge is 2.36. The van der Waals surface area contributed by atoms with E-state index < -0.39 is 0 Å². The summed E-state index contributed by atoms with van der Waals surface area (Å²) in [5.74, 6) is 0. The van der Waals surface area contributed by atoms with Crippen LogP contribution >= 0.6 is 0 Å². The SMILES string of the molecule is CCCn1cc(C(NC)C(CC)(CC)OC)cn1. The molecule has 1 aromatic rings. The third-order valence-electron chi connectivity index (χ3n) is 3.86. The molecule has 0 aliphatic carbocycles. The Morgan fingerprint density at radius 1 is 1.39 bits per heavy atom. The lowest BCUT2D eigenvalue weighted by Crippen LogP contribution is -2.43. The Hall–Kier alpha value is -0.870. The lowest BCUT2D eigenvalue weighted by molar-refractivity contribution is -0.0468. The largest absolute Gasteiger partial charge is 0.376 e. The van der Waals surface area contributed by atoms with Crippen LogP contribution in [0.2, 0.25) is 0 Å². The standard InChI is InChI=1S/C14H27N3O/c1-6-9-17-11-12(10-16-17)13(15-4)14(7-2,8-3)18-5/h10-11,13,15H,6-9H2,1-5H3. The average Bonchev–Trinajstić information content (AvgIpc) is 2.85. The molecule has 0 bridgehead atoms. The van der Waals surface area contributed by atoms with Gasteiger partial charge in [0, 0.05) is 25.4 Å². The van der Waals surface area contributed by atoms with Gasteiger partial charge in [-0.1, -0.05) is 20.8 Å². The minimum absolute atomic E-state index is 0.158. The summed E-state index contributed by atoms with van der Waals surface area (Å²) in [5, 5.41) is 7.80. The van der Waals surface area contributed by atoms with Crippen LogP contribution in [0.25, 0.3) is 0 Å². The molecule has 0 radical (unpaired) electrons. The van der Waals surface area contributed by atoms with Crippen molar-refractivity contribution in [3.05, 3.63) is 18.0 Å². The number of rotatable bonds is 8. The highest BCUT2D eigenvalue weighted by molar-refractivity contribution is 5.16. The Kier molecular flexibility index (Phi) is 5.82. The van der Waals surface area contributed by atoms with Crippen LogP contribution in [0.5, 0.6) is 0 Å². The van der Waals surface area contributed by atoms with Crippen molar-refractivity contribution < 1.29 is 4.74 Å². The van der Waals surface area contributed by atoms with Gasteiger partial charge in [0.15, 0.2) is 0 Å². The highest BCUT2D eigenvalue weighted by atomic mass is 16.5. The molecule has 104 valence electrons. The van der Waals surface area contributed by atoms with Crippen molar-refractivity contribution in [2.75, 3.05) is 14.2 Å². The van der Waals surface area contributed by atoms with Gasteiger partial charge in [-0.3, -0.25) is 4.68 Å². The predicted molar refractivity (Wildman–Crippen MR) is 74.6 cm³/mol. The normalized spacial score (nSPS) is 13.8. The molecule has 0 saturated heterocycles. The third-order valence-corrected chi connectivity index (χ3v) is 3.86. The highest BCUT2D eigenvalue weighted by Crippen LogP contribution is 2.34. The fraction of sp³-hybridized carbons (Fsp3) is 0.786. The van der Waals surface area contributed by atoms with Gasteiger partial charge >= 0.3 is 0 Å². The second-order valence-corrected chi connectivity index (χ2v) is 4.73. The summed E-state index contributed by atoms with van der Waals surface area (Å²) in [4.78, 5) is 0. The van der Waals surface area contributed by atoms with Gasteiger partial charge in [-0.05, 0) is 26.3 Å². The van der Waals surface area contributed by atoms with Crippen molar-refractivity contribution in [2.45, 2.75) is 58.2 Å². The van der Waals surface area contributed by atoms with E-state index in [-0.39, 0.29) is 11.6 Å². The van der Waals surface area contributed by atoms with E-state index in [1.54, 1.807) is 7.11 Å². The number of nitrogens with one attached hydrogen (secondary N) is 1. The van der Waals surface area contributed by atoms with Crippen LogP contribution < -0.4 is 5.32 Å². The van der Waals surface area contributed by atoms with Crippen LogP contribution in [0.3, 0.4) is 0 Å². The van der Waals surface area contributed by atoms with Crippen molar-refractivity contribution >= 4 is 0 Å². The first-order valence-corrected chi connectivity index (χ1v) is 6.92. The van der Waals surface area contributed by atoms with Gasteiger partial charge in [-0.2, -0.15) is 5.10 Å². The minimum atomic E-state index is -0.158. The van der Waals surface area contributed by atoms with Crippen molar-refractivity contribution in [2.24, 2.45) is 0 Å². The first kappa shape index (κ1) is 15.2. The van der Waals surface area contributed by atoms with Gasteiger partial charge in [0.05, 0.1) is 17.8 Å². The maximum absolute atomic E-state index is 5.81. The quantitative estimate of drug-likeness (QED) is 0.774. The molecule has 0 aliphatic rings. The van der Waals surface area contributed by atoms with Gasteiger partial charge in [0.1, 0.15) is 0 Å². The number of ether oxygens (including phenoxy) is 1. The number of hydrogen-bond donors (Lipinski definition) is 1. The summed E-state index contributed by atoms with van der Waals surface area (Å²) >= 11 is 0. The summed E-state index contributed by atoms with van der Waals surface area (Å²) in [6.45, 7) is 7.48. The average molecular weight is 253 g/mol. The van der Waals surface area contributed by atoms with E-state index in [1.807, 2.05) is 17.9 Å². The monoisotopic (exact) mass is 253 g/mol. The Morgan fingerprint density at radius 3 is 2.50 bits per heavy atom. The van der Waals surface area contributed by atoms with Crippen molar-refractivity contribution in [3.8, 4) is 0 Å². The zero-order valence-corrected chi connectivity index (χ0v) is 12.4. The van der Waals surface area contributed by atoms with Crippen molar-refractivity contribution in [3.63, 3.8) is 0 Å². The maximum atomic E-state index is 5.81. The van der Waals surface area contributed by atoms with Crippen LogP contribution in [-0.2, 0) is 11.3 Å². The van der Waals surface area contributed by atoms with Gasteiger partial charge in [0.2, 0.25) is 0 Å². The molecule has 0 spiro atoms. The topological polar surface area (TPSA) is 39.1 Å². The zero-order valence-electron chi connectivity index (χ0n) is 12.4. The fourth-order valence-electron chi connectivity index (χ4n) is 2.68. The van der Waals surface area contributed by atoms with E-state index in [0.717, 1.165) is 25.8 Å². The van der Waals surface area contributed by atoms with Crippen LogP contribution in [-0.4, -0.2) is 29.5 Å². The summed E-state index contributed by atoms with van der Waals surface area (Å²) in [6.07, 6.45) is 7.14. The maximum Gasteiger partial charge on any atom is 0.0868 e. The van der Waals surface area contributed by atoms with E-state index >= 15 is 0 Å². The molecule has 1 aromatic heterocycles. The summed E-state index contributed by atoms with van der Waals surface area (Å²) < 4.78 is 7.82. The molecule has 1 rings (SSSR count).